The first-order valence-electron chi connectivity index (χ1n) is 10.5. The normalized spacial score (nSPS) is 11.5. The lowest BCUT2D eigenvalue weighted by Gasteiger charge is -2.08. The SMILES string of the molecule is N#C/C(=C\c1cccc(OS(=O)(=O)c2cccc([N+](=O)[O-])c2)c1)C(=O)Nc1ccc2ccccc2c1. The van der Waals surface area contributed by atoms with Crippen LogP contribution in [0.1, 0.15) is 5.56 Å². The molecular weight excluding hydrogens is 482 g/mol. The number of nitro benzene ring substituents is 1. The molecule has 178 valence electrons. The zero-order valence-corrected chi connectivity index (χ0v) is 19.3. The summed E-state index contributed by atoms with van der Waals surface area (Å²) in [4.78, 5) is 22.5. The molecular formula is C26H17N3O6S. The molecule has 4 rings (SSSR count). The number of nitro groups is 1. The number of anilines is 1. The molecule has 0 fully saturated rings. The van der Waals surface area contributed by atoms with Crippen molar-refractivity contribution in [1.82, 2.24) is 0 Å². The summed E-state index contributed by atoms with van der Waals surface area (Å²) in [6.45, 7) is 0. The first kappa shape index (κ1) is 24.1. The number of rotatable bonds is 7. The van der Waals surface area contributed by atoms with Crippen molar-refractivity contribution < 1.29 is 22.3 Å². The largest absolute Gasteiger partial charge is 0.379 e. The van der Waals surface area contributed by atoms with Crippen molar-refractivity contribution in [3.05, 3.63) is 112 Å². The Morgan fingerprint density at radius 1 is 0.944 bits per heavy atom. The zero-order chi connectivity index (χ0) is 25.7. The van der Waals surface area contributed by atoms with Crippen LogP contribution in [-0.2, 0) is 14.9 Å². The van der Waals surface area contributed by atoms with Crippen LogP contribution in [0.5, 0.6) is 5.75 Å². The first-order chi connectivity index (χ1) is 17.2. The fourth-order valence-electron chi connectivity index (χ4n) is 3.36. The van der Waals surface area contributed by atoms with Crippen molar-refractivity contribution in [2.24, 2.45) is 0 Å². The molecule has 0 heterocycles. The molecule has 0 spiro atoms. The number of fused-ring (bicyclic) bond motifs is 1. The van der Waals surface area contributed by atoms with Gasteiger partial charge in [0.2, 0.25) is 0 Å². The number of carbonyl (C=O) groups excluding carboxylic acids is 1. The second-order valence-corrected chi connectivity index (χ2v) is 9.10. The summed E-state index contributed by atoms with van der Waals surface area (Å²) in [7, 11) is -4.36. The van der Waals surface area contributed by atoms with Gasteiger partial charge in [-0.05, 0) is 52.7 Å². The van der Waals surface area contributed by atoms with Gasteiger partial charge in [0.15, 0.2) is 0 Å². The van der Waals surface area contributed by atoms with Crippen LogP contribution in [0.4, 0.5) is 11.4 Å². The molecule has 0 saturated heterocycles. The van der Waals surface area contributed by atoms with Gasteiger partial charge in [0.1, 0.15) is 22.3 Å². The van der Waals surface area contributed by atoms with Crippen molar-refractivity contribution in [2.75, 3.05) is 5.32 Å². The number of benzene rings is 4. The molecule has 0 bridgehead atoms. The van der Waals surface area contributed by atoms with Gasteiger partial charge in [0, 0.05) is 17.8 Å². The van der Waals surface area contributed by atoms with E-state index in [2.05, 4.69) is 5.32 Å². The molecule has 4 aromatic carbocycles. The van der Waals surface area contributed by atoms with Crippen LogP contribution in [0.25, 0.3) is 16.8 Å². The van der Waals surface area contributed by atoms with Crippen molar-refractivity contribution in [1.29, 1.82) is 5.26 Å². The van der Waals surface area contributed by atoms with Crippen molar-refractivity contribution in [3.8, 4) is 11.8 Å². The lowest BCUT2D eigenvalue weighted by atomic mass is 10.1. The van der Waals surface area contributed by atoms with Gasteiger partial charge in [-0.1, -0.05) is 48.5 Å². The Labute approximate surface area is 206 Å². The molecule has 0 atom stereocenters. The van der Waals surface area contributed by atoms with E-state index in [1.54, 1.807) is 18.2 Å². The minimum Gasteiger partial charge on any atom is -0.379 e. The number of amides is 1. The smallest absolute Gasteiger partial charge is 0.339 e. The second kappa shape index (κ2) is 10.1. The third-order valence-electron chi connectivity index (χ3n) is 5.06. The summed E-state index contributed by atoms with van der Waals surface area (Å²) in [5.74, 6) is -0.731. The topological polar surface area (TPSA) is 139 Å². The average Bonchev–Trinajstić information content (AvgIpc) is 2.87. The molecule has 9 nitrogen and oxygen atoms in total. The zero-order valence-electron chi connectivity index (χ0n) is 18.5. The lowest BCUT2D eigenvalue weighted by molar-refractivity contribution is -0.385. The molecule has 4 aromatic rings. The van der Waals surface area contributed by atoms with E-state index in [4.69, 9.17) is 4.18 Å². The number of non-ortho nitro benzene ring substituents is 1. The number of nitrogens with one attached hydrogen (secondary N) is 1. The van der Waals surface area contributed by atoms with E-state index in [-0.39, 0.29) is 16.2 Å². The number of nitriles is 1. The molecule has 1 N–H and O–H groups in total. The van der Waals surface area contributed by atoms with Gasteiger partial charge < -0.3 is 9.50 Å². The van der Waals surface area contributed by atoms with Crippen molar-refractivity contribution >= 4 is 44.2 Å². The summed E-state index contributed by atoms with van der Waals surface area (Å²) < 4.78 is 30.3. The third-order valence-corrected chi connectivity index (χ3v) is 6.31. The average molecular weight is 500 g/mol. The monoisotopic (exact) mass is 499 g/mol. The van der Waals surface area contributed by atoms with Crippen LogP contribution in [-0.4, -0.2) is 19.2 Å². The van der Waals surface area contributed by atoms with E-state index >= 15 is 0 Å². The van der Waals surface area contributed by atoms with Gasteiger partial charge in [-0.25, -0.2) is 0 Å². The summed E-state index contributed by atoms with van der Waals surface area (Å²) >= 11 is 0. The Kier molecular flexibility index (Phi) is 6.76. The van der Waals surface area contributed by atoms with Crippen LogP contribution in [0.15, 0.2) is 101 Å². The number of hydrogen-bond acceptors (Lipinski definition) is 7. The van der Waals surface area contributed by atoms with Crippen LogP contribution < -0.4 is 9.50 Å². The molecule has 0 saturated carbocycles. The van der Waals surface area contributed by atoms with E-state index in [1.165, 1.54) is 36.4 Å². The highest BCUT2D eigenvalue weighted by Gasteiger charge is 2.20. The van der Waals surface area contributed by atoms with Gasteiger partial charge in [-0.3, -0.25) is 14.9 Å². The van der Waals surface area contributed by atoms with Crippen molar-refractivity contribution in [2.45, 2.75) is 4.90 Å². The van der Waals surface area contributed by atoms with Crippen LogP contribution >= 0.6 is 0 Å². The fraction of sp³-hybridized carbons (Fsp3) is 0. The number of carbonyl (C=O) groups is 1. The number of hydrogen-bond donors (Lipinski definition) is 1. The van der Waals surface area contributed by atoms with Gasteiger partial charge in [0.25, 0.3) is 11.6 Å². The molecule has 1 amide bonds. The highest BCUT2D eigenvalue weighted by molar-refractivity contribution is 7.87. The van der Waals surface area contributed by atoms with E-state index in [9.17, 15) is 28.6 Å². The third kappa shape index (κ3) is 5.55. The Hall–Kier alpha value is -5.01. The predicted molar refractivity (Wildman–Crippen MR) is 134 cm³/mol. The second-order valence-electron chi connectivity index (χ2n) is 7.55. The predicted octanol–water partition coefficient (Wildman–Crippen LogP) is 5.06. The van der Waals surface area contributed by atoms with E-state index < -0.39 is 26.6 Å². The molecule has 0 radical (unpaired) electrons. The first-order valence-corrected chi connectivity index (χ1v) is 11.9. The fourth-order valence-corrected chi connectivity index (χ4v) is 4.33. The highest BCUT2D eigenvalue weighted by Crippen LogP contribution is 2.24. The molecule has 0 aliphatic carbocycles. The van der Waals surface area contributed by atoms with Gasteiger partial charge in [-0.2, -0.15) is 13.7 Å². The number of nitrogens with zero attached hydrogens (tertiary/aromatic N) is 2. The maximum absolute atomic E-state index is 12.7. The van der Waals surface area contributed by atoms with Crippen LogP contribution in [0, 0.1) is 21.4 Å². The standard InChI is InChI=1S/C26H17N3O6S/c27-17-21(26(30)28-22-12-11-19-6-1-2-7-20(19)15-22)13-18-5-3-9-24(14-18)35-36(33,34)25-10-4-8-23(16-25)29(31)32/h1-16H,(H,28,30)/b21-13+. The van der Waals surface area contributed by atoms with Crippen LogP contribution in [0.3, 0.4) is 0 Å². The summed E-state index contributed by atoms with van der Waals surface area (Å²) in [6.07, 6.45) is 1.29. The Morgan fingerprint density at radius 3 is 2.44 bits per heavy atom. The van der Waals surface area contributed by atoms with Crippen LogP contribution in [0.2, 0.25) is 0 Å². The summed E-state index contributed by atoms with van der Waals surface area (Å²) in [5, 5.41) is 25.1. The minimum atomic E-state index is -4.36. The Balaban J connectivity index is 1.54. The highest BCUT2D eigenvalue weighted by atomic mass is 32.2. The molecule has 10 heteroatoms. The quantitative estimate of drug-likeness (QED) is 0.123. The van der Waals surface area contributed by atoms with E-state index in [0.29, 0.717) is 11.3 Å². The van der Waals surface area contributed by atoms with E-state index in [0.717, 1.165) is 22.9 Å². The van der Waals surface area contributed by atoms with Gasteiger partial charge in [0.05, 0.1) is 4.92 Å². The van der Waals surface area contributed by atoms with Gasteiger partial charge in [-0.15, -0.1) is 0 Å². The van der Waals surface area contributed by atoms with E-state index in [1.807, 2.05) is 36.4 Å². The molecule has 0 aromatic heterocycles. The lowest BCUT2D eigenvalue weighted by Crippen LogP contribution is -2.13. The summed E-state index contributed by atoms with van der Waals surface area (Å²) in [6, 6.07) is 25.1. The molecule has 0 aliphatic heterocycles. The Morgan fingerprint density at radius 2 is 1.69 bits per heavy atom. The Bertz CT molecular complexity index is 1670. The summed E-state index contributed by atoms with van der Waals surface area (Å²) in [5.41, 5.74) is 0.251. The minimum absolute atomic E-state index is 0.0949. The molecule has 0 aliphatic rings. The maximum atomic E-state index is 12.7. The van der Waals surface area contributed by atoms with Gasteiger partial charge >= 0.3 is 10.1 Å². The van der Waals surface area contributed by atoms with Crippen molar-refractivity contribution in [3.63, 3.8) is 0 Å². The maximum Gasteiger partial charge on any atom is 0.339 e. The molecule has 36 heavy (non-hydrogen) atoms. The molecule has 0 unspecified atom stereocenters.